The Kier molecular flexibility index (Phi) is 3.25. The van der Waals surface area contributed by atoms with E-state index in [9.17, 15) is 0 Å². The summed E-state index contributed by atoms with van der Waals surface area (Å²) in [5.41, 5.74) is 8.04. The fourth-order valence-electron chi connectivity index (χ4n) is 2.56. The number of nitrogens with two attached hydrogens (primary N) is 1. The molecule has 19 heavy (non-hydrogen) atoms. The highest BCUT2D eigenvalue weighted by molar-refractivity contribution is 5.66. The van der Waals surface area contributed by atoms with Gasteiger partial charge < -0.3 is 15.0 Å². The number of nitrogens with zero attached hydrogens (tertiary/aromatic N) is 2. The topological polar surface area (TPSA) is 53.1 Å². The molecule has 4 heteroatoms. The van der Waals surface area contributed by atoms with E-state index in [-0.39, 0.29) is 6.04 Å². The van der Waals surface area contributed by atoms with Crippen LogP contribution >= 0.6 is 0 Å². The van der Waals surface area contributed by atoms with Crippen LogP contribution in [0.4, 0.5) is 0 Å². The van der Waals surface area contributed by atoms with E-state index >= 15 is 0 Å². The fraction of sp³-hybridized carbons (Fsp3) is 0.400. The van der Waals surface area contributed by atoms with Gasteiger partial charge in [0.05, 0.1) is 12.3 Å². The zero-order valence-corrected chi connectivity index (χ0v) is 11.2. The van der Waals surface area contributed by atoms with Crippen LogP contribution in [0.15, 0.2) is 30.5 Å². The molecule has 4 nitrogen and oxygen atoms in total. The normalized spacial score (nSPS) is 18.1. The standard InChI is InChI=1S/C15H19N3O/c1-2-19-14-6-4-3-5-12(14)13-10-18-9-11(16)7-8-15(18)17-13/h3-6,10-11H,2,7-9,16H2,1H3. The first-order valence-corrected chi connectivity index (χ1v) is 6.81. The predicted molar refractivity (Wildman–Crippen MR) is 75.1 cm³/mol. The first-order valence-electron chi connectivity index (χ1n) is 6.81. The number of hydrogen-bond acceptors (Lipinski definition) is 3. The van der Waals surface area contributed by atoms with Gasteiger partial charge in [-0.15, -0.1) is 0 Å². The van der Waals surface area contributed by atoms with Gasteiger partial charge in [-0.25, -0.2) is 4.98 Å². The number of aromatic nitrogens is 2. The molecule has 0 saturated heterocycles. The lowest BCUT2D eigenvalue weighted by Crippen LogP contribution is -2.31. The van der Waals surface area contributed by atoms with Crippen molar-refractivity contribution in [2.45, 2.75) is 32.4 Å². The second-order valence-electron chi connectivity index (χ2n) is 4.92. The number of aryl methyl sites for hydroxylation is 1. The molecule has 0 spiro atoms. The van der Waals surface area contributed by atoms with E-state index in [0.717, 1.165) is 42.2 Å². The van der Waals surface area contributed by atoms with Gasteiger partial charge in [0, 0.05) is 30.8 Å². The van der Waals surface area contributed by atoms with Gasteiger partial charge in [0.1, 0.15) is 11.6 Å². The summed E-state index contributed by atoms with van der Waals surface area (Å²) < 4.78 is 7.84. The van der Waals surface area contributed by atoms with Crippen molar-refractivity contribution in [1.82, 2.24) is 9.55 Å². The van der Waals surface area contributed by atoms with Crippen molar-refractivity contribution in [3.63, 3.8) is 0 Å². The number of benzene rings is 1. The van der Waals surface area contributed by atoms with E-state index in [1.165, 1.54) is 0 Å². The maximum Gasteiger partial charge on any atom is 0.128 e. The van der Waals surface area contributed by atoms with Crippen LogP contribution in [0, 0.1) is 0 Å². The summed E-state index contributed by atoms with van der Waals surface area (Å²) in [6.45, 7) is 3.52. The molecule has 0 fully saturated rings. The molecule has 1 atom stereocenters. The molecular formula is C15H19N3O. The van der Waals surface area contributed by atoms with Gasteiger partial charge in [-0.05, 0) is 25.5 Å². The Morgan fingerprint density at radius 1 is 1.42 bits per heavy atom. The van der Waals surface area contributed by atoms with Gasteiger partial charge in [0.2, 0.25) is 0 Å². The van der Waals surface area contributed by atoms with Gasteiger partial charge >= 0.3 is 0 Å². The minimum absolute atomic E-state index is 0.247. The number of para-hydroxylation sites is 1. The van der Waals surface area contributed by atoms with Gasteiger partial charge in [-0.3, -0.25) is 0 Å². The minimum Gasteiger partial charge on any atom is -0.493 e. The third kappa shape index (κ3) is 2.36. The second-order valence-corrected chi connectivity index (χ2v) is 4.92. The van der Waals surface area contributed by atoms with Gasteiger partial charge in [0.25, 0.3) is 0 Å². The molecule has 0 radical (unpaired) electrons. The molecule has 0 aliphatic carbocycles. The summed E-state index contributed by atoms with van der Waals surface area (Å²) in [6, 6.07) is 8.29. The number of imidazole rings is 1. The Bertz CT molecular complexity index is 577. The Hall–Kier alpha value is -1.81. The van der Waals surface area contributed by atoms with Gasteiger partial charge in [-0.2, -0.15) is 0 Å². The van der Waals surface area contributed by atoms with E-state index in [1.54, 1.807) is 0 Å². The third-order valence-corrected chi connectivity index (χ3v) is 3.49. The summed E-state index contributed by atoms with van der Waals surface area (Å²) in [4.78, 5) is 4.73. The molecule has 1 aliphatic rings. The molecule has 3 rings (SSSR count). The maximum absolute atomic E-state index is 6.00. The molecule has 2 aromatic rings. The van der Waals surface area contributed by atoms with E-state index in [2.05, 4.69) is 16.8 Å². The van der Waals surface area contributed by atoms with Crippen molar-refractivity contribution < 1.29 is 4.74 Å². The monoisotopic (exact) mass is 257 g/mol. The summed E-state index contributed by atoms with van der Waals surface area (Å²) in [5.74, 6) is 2.02. The lowest BCUT2D eigenvalue weighted by Gasteiger charge is -2.19. The molecule has 0 saturated carbocycles. The second kappa shape index (κ2) is 5.05. The smallest absolute Gasteiger partial charge is 0.128 e. The molecule has 1 aromatic carbocycles. The Labute approximate surface area is 113 Å². The molecule has 1 unspecified atom stereocenters. The summed E-state index contributed by atoms with van der Waals surface area (Å²) in [7, 11) is 0. The van der Waals surface area contributed by atoms with Crippen LogP contribution in [0.3, 0.4) is 0 Å². The molecule has 100 valence electrons. The van der Waals surface area contributed by atoms with Crippen LogP contribution < -0.4 is 10.5 Å². The quantitative estimate of drug-likeness (QED) is 0.917. The minimum atomic E-state index is 0.247. The van der Waals surface area contributed by atoms with Gasteiger partial charge in [0.15, 0.2) is 0 Å². The average molecular weight is 257 g/mol. The molecule has 1 aromatic heterocycles. The van der Waals surface area contributed by atoms with Crippen LogP contribution in [0.5, 0.6) is 5.75 Å². The maximum atomic E-state index is 6.00. The average Bonchev–Trinajstić information content (AvgIpc) is 2.82. The van der Waals surface area contributed by atoms with Crippen molar-refractivity contribution in [2.24, 2.45) is 5.73 Å². The number of rotatable bonds is 3. The van der Waals surface area contributed by atoms with Crippen LogP contribution in [0.2, 0.25) is 0 Å². The highest BCUT2D eigenvalue weighted by Gasteiger charge is 2.19. The van der Waals surface area contributed by atoms with Crippen molar-refractivity contribution in [3.8, 4) is 17.0 Å². The van der Waals surface area contributed by atoms with E-state index in [0.29, 0.717) is 6.61 Å². The molecule has 2 N–H and O–H groups in total. The number of hydrogen-bond donors (Lipinski definition) is 1. The molecule has 2 heterocycles. The zero-order chi connectivity index (χ0) is 13.2. The highest BCUT2D eigenvalue weighted by Crippen LogP contribution is 2.30. The SMILES string of the molecule is CCOc1ccccc1-c1cn2c(n1)CCC(N)C2. The van der Waals surface area contributed by atoms with Crippen LogP contribution in [0.25, 0.3) is 11.3 Å². The van der Waals surface area contributed by atoms with E-state index in [4.69, 9.17) is 15.5 Å². The summed E-state index contributed by atoms with van der Waals surface area (Å²) in [5, 5.41) is 0. The molecule has 0 bridgehead atoms. The van der Waals surface area contributed by atoms with Crippen molar-refractivity contribution in [2.75, 3.05) is 6.61 Å². The van der Waals surface area contributed by atoms with Crippen molar-refractivity contribution in [1.29, 1.82) is 0 Å². The lowest BCUT2D eigenvalue weighted by atomic mass is 10.1. The Morgan fingerprint density at radius 3 is 3.11 bits per heavy atom. The number of ether oxygens (including phenoxy) is 1. The number of fused-ring (bicyclic) bond motifs is 1. The highest BCUT2D eigenvalue weighted by atomic mass is 16.5. The molecule has 0 amide bonds. The van der Waals surface area contributed by atoms with E-state index in [1.807, 2.05) is 25.1 Å². The predicted octanol–water partition coefficient (Wildman–Crippen LogP) is 2.22. The first kappa shape index (κ1) is 12.2. The van der Waals surface area contributed by atoms with Crippen molar-refractivity contribution >= 4 is 0 Å². The van der Waals surface area contributed by atoms with Crippen LogP contribution in [-0.2, 0) is 13.0 Å². The fourth-order valence-corrected chi connectivity index (χ4v) is 2.56. The van der Waals surface area contributed by atoms with Crippen molar-refractivity contribution in [3.05, 3.63) is 36.3 Å². The van der Waals surface area contributed by atoms with Gasteiger partial charge in [-0.1, -0.05) is 12.1 Å². The Morgan fingerprint density at radius 2 is 2.26 bits per heavy atom. The zero-order valence-electron chi connectivity index (χ0n) is 11.2. The largest absolute Gasteiger partial charge is 0.493 e. The van der Waals surface area contributed by atoms with Crippen LogP contribution in [-0.4, -0.2) is 22.2 Å². The Balaban J connectivity index is 1.99. The third-order valence-electron chi connectivity index (χ3n) is 3.49. The molecule has 1 aliphatic heterocycles. The first-order chi connectivity index (χ1) is 9.28. The molecular weight excluding hydrogens is 238 g/mol. The summed E-state index contributed by atoms with van der Waals surface area (Å²) in [6.07, 6.45) is 4.06. The summed E-state index contributed by atoms with van der Waals surface area (Å²) >= 11 is 0. The lowest BCUT2D eigenvalue weighted by molar-refractivity contribution is 0.341. The van der Waals surface area contributed by atoms with E-state index < -0.39 is 0 Å². The van der Waals surface area contributed by atoms with Crippen LogP contribution in [0.1, 0.15) is 19.2 Å².